The van der Waals surface area contributed by atoms with E-state index in [4.69, 9.17) is 9.47 Å². The predicted octanol–water partition coefficient (Wildman–Crippen LogP) is 7.26. The Hall–Kier alpha value is -2.10. The van der Waals surface area contributed by atoms with Crippen LogP contribution in [0.1, 0.15) is 87.3 Å². The third kappa shape index (κ3) is 7.76. The van der Waals surface area contributed by atoms with Gasteiger partial charge in [-0.15, -0.1) is 0 Å². The van der Waals surface area contributed by atoms with E-state index in [1.165, 1.54) is 31.2 Å². The molecule has 1 aromatic carbocycles. The van der Waals surface area contributed by atoms with Gasteiger partial charge >= 0.3 is 6.61 Å². The molecule has 1 amide bonds. The zero-order valence-corrected chi connectivity index (χ0v) is 24.7. The molecule has 2 heterocycles. The van der Waals surface area contributed by atoms with Crippen LogP contribution in [0.2, 0.25) is 0 Å². The highest BCUT2D eigenvalue weighted by molar-refractivity contribution is 7.97. The summed E-state index contributed by atoms with van der Waals surface area (Å²) in [6, 6.07) is 5.73. The number of alkyl halides is 2. The average Bonchev–Trinajstić information content (AvgIpc) is 3.20. The molecule has 1 aliphatic carbocycles. The summed E-state index contributed by atoms with van der Waals surface area (Å²) in [6.07, 6.45) is 7.48. The van der Waals surface area contributed by atoms with Gasteiger partial charge in [-0.05, 0) is 96.4 Å². The van der Waals surface area contributed by atoms with Gasteiger partial charge in [-0.2, -0.15) is 8.78 Å². The summed E-state index contributed by atoms with van der Waals surface area (Å²) < 4.78 is 43.6. The zero-order chi connectivity index (χ0) is 28.2. The fourth-order valence-electron chi connectivity index (χ4n) is 5.50. The summed E-state index contributed by atoms with van der Waals surface area (Å²) in [5.74, 6) is 0.517. The van der Waals surface area contributed by atoms with E-state index in [9.17, 15) is 13.6 Å². The molecule has 1 saturated heterocycles. The number of carbonyl (C=O) groups excluding carboxylic acids is 1. The van der Waals surface area contributed by atoms with Crippen LogP contribution in [0.15, 0.2) is 23.1 Å². The lowest BCUT2D eigenvalue weighted by Crippen LogP contribution is -2.39. The maximum Gasteiger partial charge on any atom is 0.387 e. The molecule has 0 unspecified atom stereocenters. The molecule has 1 saturated carbocycles. The maximum absolute atomic E-state index is 13.7. The van der Waals surface area contributed by atoms with Gasteiger partial charge in [0.15, 0.2) is 0 Å². The van der Waals surface area contributed by atoms with E-state index < -0.39 is 6.61 Å². The van der Waals surface area contributed by atoms with Gasteiger partial charge in [0.25, 0.3) is 5.91 Å². The Balaban J connectivity index is 1.75. The molecule has 6 nitrogen and oxygen atoms in total. The number of nitrogens with one attached hydrogen (secondary N) is 2. The lowest BCUT2D eigenvalue weighted by atomic mass is 9.89. The summed E-state index contributed by atoms with van der Waals surface area (Å²) in [7, 11) is 0. The van der Waals surface area contributed by atoms with Crippen LogP contribution >= 0.6 is 11.9 Å². The topological polar surface area (TPSA) is 64.5 Å². The third-order valence-electron chi connectivity index (χ3n) is 7.64. The van der Waals surface area contributed by atoms with Crippen molar-refractivity contribution in [3.63, 3.8) is 0 Å². The van der Waals surface area contributed by atoms with Gasteiger partial charge in [-0.3, -0.25) is 9.52 Å². The fourth-order valence-corrected chi connectivity index (χ4v) is 6.30. The first-order valence-electron chi connectivity index (χ1n) is 14.1. The van der Waals surface area contributed by atoms with Crippen molar-refractivity contribution < 1.29 is 23.0 Å². The number of ether oxygens (including phenoxy) is 2. The summed E-state index contributed by atoms with van der Waals surface area (Å²) in [4.78, 5) is 14.3. The largest absolute Gasteiger partial charge is 0.434 e. The third-order valence-corrected chi connectivity index (χ3v) is 9.02. The number of carbonyl (C=O) groups is 1. The minimum Gasteiger partial charge on any atom is -0.434 e. The number of hydrogen-bond acceptors (Lipinski definition) is 5. The number of rotatable bonds is 9. The predicted molar refractivity (Wildman–Crippen MR) is 153 cm³/mol. The normalized spacial score (nSPS) is 17.5. The Morgan fingerprint density at radius 2 is 1.82 bits per heavy atom. The van der Waals surface area contributed by atoms with Crippen molar-refractivity contribution in [2.24, 2.45) is 5.92 Å². The molecule has 0 spiro atoms. The van der Waals surface area contributed by atoms with Gasteiger partial charge in [0.05, 0.1) is 11.3 Å². The number of halogens is 2. The summed E-state index contributed by atoms with van der Waals surface area (Å²) in [5, 5.41) is 3.17. The molecule has 9 heteroatoms. The highest BCUT2D eigenvalue weighted by Crippen LogP contribution is 2.41. The van der Waals surface area contributed by atoms with Crippen LogP contribution in [0, 0.1) is 19.8 Å². The Labute approximate surface area is 235 Å². The standard InChI is InChI=1S/C30H43F2N3O3S/c1-19-26(39-34-30(3,4)5)12-11-23(27(19)38-29(31)32)25-17-24(28(36)33-22-13-15-37-16-14-22)20(2)35(25)18-21-9-7-6-8-10-21/h11-12,17,21-22,29,34H,6-10,13-16,18H2,1-5H3,(H,33,36). The monoisotopic (exact) mass is 563 g/mol. The number of benzene rings is 1. The number of amides is 1. The SMILES string of the molecule is Cc1c(SNC(C)(C)C)ccc(-c2cc(C(=O)NC3CCOCC3)c(C)n2CC2CCCCC2)c1OC(F)F. The van der Waals surface area contributed by atoms with Crippen LogP contribution in [0.3, 0.4) is 0 Å². The van der Waals surface area contributed by atoms with Crippen molar-refractivity contribution >= 4 is 17.9 Å². The second-order valence-electron chi connectivity index (χ2n) is 11.9. The van der Waals surface area contributed by atoms with Crippen LogP contribution in [0.25, 0.3) is 11.3 Å². The van der Waals surface area contributed by atoms with E-state index in [0.29, 0.717) is 35.8 Å². The Kier molecular flexibility index (Phi) is 9.99. The summed E-state index contributed by atoms with van der Waals surface area (Å²) in [5.41, 5.74) is 3.25. The van der Waals surface area contributed by atoms with E-state index in [1.807, 2.05) is 52.8 Å². The van der Waals surface area contributed by atoms with E-state index in [1.54, 1.807) is 0 Å². The first kappa shape index (κ1) is 29.9. The quantitative estimate of drug-likeness (QED) is 0.315. The van der Waals surface area contributed by atoms with Crippen LogP contribution in [0.5, 0.6) is 5.75 Å². The molecule has 2 aliphatic rings. The molecule has 0 atom stereocenters. The lowest BCUT2D eigenvalue weighted by molar-refractivity contribution is -0.0500. The number of hydrogen-bond donors (Lipinski definition) is 2. The fraction of sp³-hybridized carbons (Fsp3) is 0.633. The van der Waals surface area contributed by atoms with Gasteiger partial charge in [-0.25, -0.2) is 0 Å². The molecule has 4 rings (SSSR count). The maximum atomic E-state index is 13.7. The molecule has 2 aromatic rings. The Morgan fingerprint density at radius 1 is 1.13 bits per heavy atom. The van der Waals surface area contributed by atoms with Crippen molar-refractivity contribution in [3.05, 3.63) is 35.0 Å². The van der Waals surface area contributed by atoms with E-state index in [0.717, 1.165) is 48.5 Å². The molecular weight excluding hydrogens is 520 g/mol. The second-order valence-corrected chi connectivity index (χ2v) is 12.7. The Bertz CT molecular complexity index is 1130. The van der Waals surface area contributed by atoms with Gasteiger partial charge in [0.1, 0.15) is 5.75 Å². The first-order chi connectivity index (χ1) is 18.5. The minimum absolute atomic E-state index is 0.0717. The van der Waals surface area contributed by atoms with Gasteiger partial charge in [-0.1, -0.05) is 19.3 Å². The van der Waals surface area contributed by atoms with Crippen molar-refractivity contribution in [3.8, 4) is 17.0 Å². The number of aromatic nitrogens is 1. The van der Waals surface area contributed by atoms with Crippen LogP contribution in [0.4, 0.5) is 8.78 Å². The average molecular weight is 564 g/mol. The van der Waals surface area contributed by atoms with Crippen LogP contribution < -0.4 is 14.8 Å². The van der Waals surface area contributed by atoms with Crippen molar-refractivity contribution in [2.45, 2.75) is 109 Å². The number of nitrogens with zero attached hydrogens (tertiary/aromatic N) is 1. The van der Waals surface area contributed by atoms with Gasteiger partial charge < -0.3 is 19.4 Å². The molecule has 0 bridgehead atoms. The molecular formula is C30H43F2N3O3S. The van der Waals surface area contributed by atoms with Gasteiger partial charge in [0.2, 0.25) is 0 Å². The molecule has 1 aromatic heterocycles. The van der Waals surface area contributed by atoms with E-state index >= 15 is 0 Å². The van der Waals surface area contributed by atoms with Crippen molar-refractivity contribution in [1.82, 2.24) is 14.6 Å². The van der Waals surface area contributed by atoms with Crippen LogP contribution in [-0.2, 0) is 11.3 Å². The summed E-state index contributed by atoms with van der Waals surface area (Å²) in [6.45, 7) is 8.99. The highest BCUT2D eigenvalue weighted by Gasteiger charge is 2.27. The van der Waals surface area contributed by atoms with E-state index in [2.05, 4.69) is 14.6 Å². The molecule has 39 heavy (non-hydrogen) atoms. The van der Waals surface area contributed by atoms with Crippen molar-refractivity contribution in [1.29, 1.82) is 0 Å². The molecule has 216 valence electrons. The Morgan fingerprint density at radius 3 is 2.46 bits per heavy atom. The van der Waals surface area contributed by atoms with Crippen molar-refractivity contribution in [2.75, 3.05) is 13.2 Å². The second kappa shape index (κ2) is 13.0. The molecule has 2 fully saturated rings. The van der Waals surface area contributed by atoms with Crippen LogP contribution in [-0.4, -0.2) is 41.9 Å². The zero-order valence-electron chi connectivity index (χ0n) is 23.9. The van der Waals surface area contributed by atoms with Gasteiger partial charge in [0, 0.05) is 53.1 Å². The summed E-state index contributed by atoms with van der Waals surface area (Å²) >= 11 is 1.41. The first-order valence-corrected chi connectivity index (χ1v) is 15.0. The molecule has 2 N–H and O–H groups in total. The van der Waals surface area contributed by atoms with E-state index in [-0.39, 0.29) is 23.2 Å². The molecule has 0 radical (unpaired) electrons. The lowest BCUT2D eigenvalue weighted by Gasteiger charge is -2.25. The highest BCUT2D eigenvalue weighted by atomic mass is 32.2. The molecule has 1 aliphatic heterocycles. The minimum atomic E-state index is -2.96. The smallest absolute Gasteiger partial charge is 0.387 e.